The van der Waals surface area contributed by atoms with E-state index >= 15 is 0 Å². The molecule has 2 rings (SSSR count). The molecule has 1 aliphatic heterocycles. The van der Waals surface area contributed by atoms with E-state index in [2.05, 4.69) is 46.0 Å². The number of anilines is 1. The Morgan fingerprint density at radius 2 is 2.35 bits per heavy atom. The summed E-state index contributed by atoms with van der Waals surface area (Å²) in [6.45, 7) is 5.31. The van der Waals surface area contributed by atoms with E-state index in [0.29, 0.717) is 12.6 Å². The number of aryl methyl sites for hydroxylation is 1. The number of nitrogens with two attached hydrogens (primary N) is 1. The second kappa shape index (κ2) is 5.85. The van der Waals surface area contributed by atoms with Gasteiger partial charge in [0.1, 0.15) is 0 Å². The number of hydrogen-bond acceptors (Lipinski definition) is 3. The Hall–Kier alpha value is -0.580. The van der Waals surface area contributed by atoms with Crippen LogP contribution in [0.5, 0.6) is 0 Å². The third-order valence-electron chi connectivity index (χ3n) is 3.14. The molecule has 0 bridgehead atoms. The maximum atomic E-state index is 5.67. The Labute approximate surface area is 111 Å². The number of halogens is 1. The van der Waals surface area contributed by atoms with Crippen molar-refractivity contribution in [1.29, 1.82) is 0 Å². The van der Waals surface area contributed by atoms with Gasteiger partial charge in [0.2, 0.25) is 0 Å². The molecule has 0 radical (unpaired) electrons. The molecule has 1 aliphatic rings. The fraction of sp³-hybridized carbons (Fsp3) is 0.538. The molecule has 1 fully saturated rings. The normalized spacial score (nSPS) is 20.6. The summed E-state index contributed by atoms with van der Waals surface area (Å²) in [5.41, 5.74) is 8.18. The third kappa shape index (κ3) is 3.00. The first-order valence-corrected chi connectivity index (χ1v) is 6.82. The van der Waals surface area contributed by atoms with Crippen molar-refractivity contribution in [3.8, 4) is 0 Å². The molecule has 4 heteroatoms. The van der Waals surface area contributed by atoms with Gasteiger partial charge in [0.25, 0.3) is 0 Å². The van der Waals surface area contributed by atoms with E-state index in [0.717, 1.165) is 30.7 Å². The first-order valence-electron chi connectivity index (χ1n) is 6.03. The Balaban J connectivity index is 2.23. The van der Waals surface area contributed by atoms with Crippen LogP contribution in [0.15, 0.2) is 22.7 Å². The lowest BCUT2D eigenvalue weighted by atomic mass is 10.1. The van der Waals surface area contributed by atoms with Crippen molar-refractivity contribution in [2.45, 2.75) is 19.4 Å². The predicted molar refractivity (Wildman–Crippen MR) is 74.5 cm³/mol. The van der Waals surface area contributed by atoms with Crippen LogP contribution in [0.25, 0.3) is 0 Å². The van der Waals surface area contributed by atoms with Crippen LogP contribution in [0, 0.1) is 6.92 Å². The minimum Gasteiger partial charge on any atom is -0.377 e. The average molecular weight is 299 g/mol. The van der Waals surface area contributed by atoms with Crippen LogP contribution >= 0.6 is 15.9 Å². The van der Waals surface area contributed by atoms with Crippen molar-refractivity contribution in [1.82, 2.24) is 0 Å². The van der Waals surface area contributed by atoms with Gasteiger partial charge in [-0.2, -0.15) is 0 Å². The fourth-order valence-electron chi connectivity index (χ4n) is 2.25. The lowest BCUT2D eigenvalue weighted by molar-refractivity contribution is 0.0922. The van der Waals surface area contributed by atoms with Gasteiger partial charge in [-0.05, 0) is 53.5 Å². The van der Waals surface area contributed by atoms with Crippen LogP contribution in [0.2, 0.25) is 0 Å². The van der Waals surface area contributed by atoms with Crippen LogP contribution in [-0.2, 0) is 4.74 Å². The van der Waals surface area contributed by atoms with E-state index in [9.17, 15) is 0 Å². The van der Waals surface area contributed by atoms with Gasteiger partial charge < -0.3 is 15.4 Å². The smallest absolute Gasteiger partial charge is 0.0671 e. The summed E-state index contributed by atoms with van der Waals surface area (Å²) < 4.78 is 6.69. The van der Waals surface area contributed by atoms with E-state index in [-0.39, 0.29) is 0 Å². The van der Waals surface area contributed by atoms with Gasteiger partial charge >= 0.3 is 0 Å². The van der Waals surface area contributed by atoms with Gasteiger partial charge in [0, 0.05) is 11.0 Å². The SMILES string of the molecule is Cc1ccc(N2CCOCC2CCN)c(Br)c1. The molecule has 1 unspecified atom stereocenters. The summed E-state index contributed by atoms with van der Waals surface area (Å²) in [6.07, 6.45) is 0.973. The van der Waals surface area contributed by atoms with Gasteiger partial charge in [-0.15, -0.1) is 0 Å². The Morgan fingerprint density at radius 1 is 1.53 bits per heavy atom. The highest BCUT2D eigenvalue weighted by Gasteiger charge is 2.23. The molecule has 1 aromatic rings. The monoisotopic (exact) mass is 298 g/mol. The minimum absolute atomic E-state index is 0.396. The van der Waals surface area contributed by atoms with Crippen LogP contribution < -0.4 is 10.6 Å². The van der Waals surface area contributed by atoms with Gasteiger partial charge in [-0.25, -0.2) is 0 Å². The molecule has 0 spiro atoms. The van der Waals surface area contributed by atoms with Crippen molar-refractivity contribution in [2.24, 2.45) is 5.73 Å². The maximum absolute atomic E-state index is 5.67. The highest BCUT2D eigenvalue weighted by molar-refractivity contribution is 9.10. The highest BCUT2D eigenvalue weighted by atomic mass is 79.9. The number of benzene rings is 1. The number of morpholine rings is 1. The van der Waals surface area contributed by atoms with E-state index in [4.69, 9.17) is 10.5 Å². The first-order chi connectivity index (χ1) is 8.22. The first kappa shape index (κ1) is 12.9. The van der Waals surface area contributed by atoms with Gasteiger partial charge in [-0.1, -0.05) is 6.07 Å². The fourth-order valence-corrected chi connectivity index (χ4v) is 2.97. The molecular formula is C13H19BrN2O. The van der Waals surface area contributed by atoms with E-state index < -0.39 is 0 Å². The zero-order valence-electron chi connectivity index (χ0n) is 10.2. The van der Waals surface area contributed by atoms with Gasteiger partial charge in [0.05, 0.1) is 24.9 Å². The second-order valence-corrected chi connectivity index (χ2v) is 5.31. The van der Waals surface area contributed by atoms with E-state index in [1.165, 1.54) is 11.3 Å². The van der Waals surface area contributed by atoms with Crippen LogP contribution in [0.3, 0.4) is 0 Å². The lowest BCUT2D eigenvalue weighted by Gasteiger charge is -2.38. The average Bonchev–Trinajstić information content (AvgIpc) is 2.31. The summed E-state index contributed by atoms with van der Waals surface area (Å²) in [6, 6.07) is 6.88. The molecule has 0 saturated carbocycles. The number of ether oxygens (including phenoxy) is 1. The quantitative estimate of drug-likeness (QED) is 0.931. The van der Waals surface area contributed by atoms with Crippen molar-refractivity contribution >= 4 is 21.6 Å². The summed E-state index contributed by atoms with van der Waals surface area (Å²) in [4.78, 5) is 2.40. The van der Waals surface area contributed by atoms with Gasteiger partial charge in [0.15, 0.2) is 0 Å². The summed E-state index contributed by atoms with van der Waals surface area (Å²) >= 11 is 3.65. The molecule has 1 saturated heterocycles. The summed E-state index contributed by atoms with van der Waals surface area (Å²) in [5, 5.41) is 0. The molecule has 0 amide bonds. The molecule has 2 N–H and O–H groups in total. The largest absolute Gasteiger partial charge is 0.377 e. The molecule has 0 aromatic heterocycles. The van der Waals surface area contributed by atoms with Crippen molar-refractivity contribution < 1.29 is 4.74 Å². The summed E-state index contributed by atoms with van der Waals surface area (Å²) in [5.74, 6) is 0. The topological polar surface area (TPSA) is 38.5 Å². The Bertz CT molecular complexity index is 382. The molecule has 0 aliphatic carbocycles. The molecule has 1 aromatic carbocycles. The summed E-state index contributed by atoms with van der Waals surface area (Å²) in [7, 11) is 0. The number of nitrogens with zero attached hydrogens (tertiary/aromatic N) is 1. The highest BCUT2D eigenvalue weighted by Crippen LogP contribution is 2.30. The second-order valence-electron chi connectivity index (χ2n) is 4.45. The molecular weight excluding hydrogens is 280 g/mol. The number of rotatable bonds is 3. The van der Waals surface area contributed by atoms with Crippen LogP contribution in [0.1, 0.15) is 12.0 Å². The molecule has 1 atom stereocenters. The Kier molecular flexibility index (Phi) is 4.42. The van der Waals surface area contributed by atoms with Crippen molar-refractivity contribution in [3.63, 3.8) is 0 Å². The molecule has 94 valence electrons. The number of hydrogen-bond donors (Lipinski definition) is 1. The van der Waals surface area contributed by atoms with E-state index in [1.807, 2.05) is 0 Å². The van der Waals surface area contributed by atoms with Crippen LogP contribution in [-0.4, -0.2) is 32.3 Å². The van der Waals surface area contributed by atoms with Gasteiger partial charge in [-0.3, -0.25) is 0 Å². The zero-order valence-corrected chi connectivity index (χ0v) is 11.7. The van der Waals surface area contributed by atoms with Crippen molar-refractivity contribution in [2.75, 3.05) is 31.2 Å². The van der Waals surface area contributed by atoms with Crippen molar-refractivity contribution in [3.05, 3.63) is 28.2 Å². The minimum atomic E-state index is 0.396. The van der Waals surface area contributed by atoms with Crippen LogP contribution in [0.4, 0.5) is 5.69 Å². The molecule has 17 heavy (non-hydrogen) atoms. The standard InChI is InChI=1S/C13H19BrN2O/c1-10-2-3-13(12(14)8-10)16-6-7-17-9-11(16)4-5-15/h2-3,8,11H,4-7,9,15H2,1H3. The predicted octanol–water partition coefficient (Wildman–Crippen LogP) is 2.31. The third-order valence-corrected chi connectivity index (χ3v) is 3.78. The van der Waals surface area contributed by atoms with E-state index in [1.54, 1.807) is 0 Å². The molecule has 1 heterocycles. The Morgan fingerprint density at radius 3 is 3.06 bits per heavy atom. The zero-order chi connectivity index (χ0) is 12.3. The maximum Gasteiger partial charge on any atom is 0.0671 e. The molecule has 3 nitrogen and oxygen atoms in total. The lowest BCUT2D eigenvalue weighted by Crippen LogP contribution is -2.46.